The van der Waals surface area contributed by atoms with Crippen LogP contribution in [0.4, 0.5) is 5.69 Å². The Morgan fingerprint density at radius 1 is 0.822 bits per heavy atom. The van der Waals surface area contributed by atoms with Gasteiger partial charge in [0.2, 0.25) is 23.6 Å². The van der Waals surface area contributed by atoms with E-state index >= 15 is 0 Å². The van der Waals surface area contributed by atoms with Crippen LogP contribution in [-0.2, 0) is 49.7 Å². The molecule has 1 aromatic rings. The van der Waals surface area contributed by atoms with Crippen molar-refractivity contribution in [3.05, 3.63) is 42.0 Å². The number of ether oxygens (including phenoxy) is 1. The van der Waals surface area contributed by atoms with Crippen molar-refractivity contribution in [2.75, 3.05) is 11.9 Å². The molecule has 0 aromatic heterocycles. The maximum atomic E-state index is 13.1. The highest BCUT2D eigenvalue weighted by Crippen LogP contribution is 2.13. The summed E-state index contributed by atoms with van der Waals surface area (Å²) in [6.07, 6.45) is 1.54. The van der Waals surface area contributed by atoms with Crippen LogP contribution in [0.15, 0.2) is 36.4 Å². The predicted octanol–water partition coefficient (Wildman–Crippen LogP) is 0.389. The molecule has 15 nitrogen and oxygen atoms in total. The molecule has 1 aliphatic heterocycles. The zero-order valence-corrected chi connectivity index (χ0v) is 25.6. The number of carboxylic acid groups (broad SMARTS) is 1. The summed E-state index contributed by atoms with van der Waals surface area (Å²) in [5.41, 5.74) is 1.02. The number of aliphatic carboxylic acids is 1. The lowest BCUT2D eigenvalue weighted by atomic mass is 10.0. The highest BCUT2D eigenvalue weighted by Gasteiger charge is 2.29. The van der Waals surface area contributed by atoms with Gasteiger partial charge in [0.1, 0.15) is 24.7 Å². The molecule has 6 amide bonds. The zero-order valence-electron chi connectivity index (χ0n) is 25.6. The lowest BCUT2D eigenvalue weighted by Gasteiger charge is -2.24. The first-order valence-electron chi connectivity index (χ1n) is 14.3. The van der Waals surface area contributed by atoms with E-state index in [1.54, 1.807) is 24.3 Å². The molecule has 0 radical (unpaired) electrons. The second-order valence-electron chi connectivity index (χ2n) is 10.9. The minimum atomic E-state index is -1.26. The lowest BCUT2D eigenvalue weighted by Crippen LogP contribution is -2.55. The molecular formula is C30H39N5O10. The van der Waals surface area contributed by atoms with Crippen LogP contribution in [-0.4, -0.2) is 82.1 Å². The Hall–Kier alpha value is -5.08. The molecule has 1 heterocycles. The maximum absolute atomic E-state index is 13.1. The lowest BCUT2D eigenvalue weighted by molar-refractivity contribution is -0.142. The molecule has 0 unspecified atom stereocenters. The molecule has 5 N–H and O–H groups in total. The summed E-state index contributed by atoms with van der Waals surface area (Å²) in [5.74, 6) is -5.43. The van der Waals surface area contributed by atoms with E-state index in [4.69, 9.17) is 9.84 Å². The van der Waals surface area contributed by atoms with E-state index in [1.807, 2.05) is 13.8 Å². The second-order valence-corrected chi connectivity index (χ2v) is 10.9. The maximum Gasteiger partial charge on any atom is 0.303 e. The summed E-state index contributed by atoms with van der Waals surface area (Å²) in [6, 6.07) is 2.88. The van der Waals surface area contributed by atoms with Gasteiger partial charge < -0.3 is 31.1 Å². The van der Waals surface area contributed by atoms with Gasteiger partial charge in [0.05, 0.1) is 0 Å². The SMILES string of the molecule is CC(=O)OCc1ccc(NC(=O)[C@H](CCC(=O)O)NC(=O)[C@H](C)NC(=O)[C@H](CC(C)C)NC(=O)CCN2C(=O)C=CC2=O)cc1. The van der Waals surface area contributed by atoms with Crippen molar-refractivity contribution in [2.45, 2.75) is 78.1 Å². The number of anilines is 1. The molecule has 0 spiro atoms. The quantitative estimate of drug-likeness (QED) is 0.118. The number of benzene rings is 1. The number of hydrogen-bond acceptors (Lipinski definition) is 9. The number of carbonyl (C=O) groups is 8. The molecule has 0 bridgehead atoms. The third-order valence-electron chi connectivity index (χ3n) is 6.52. The molecule has 244 valence electrons. The fourth-order valence-corrected chi connectivity index (χ4v) is 4.15. The van der Waals surface area contributed by atoms with Crippen molar-refractivity contribution in [1.29, 1.82) is 0 Å². The van der Waals surface area contributed by atoms with Crippen molar-refractivity contribution < 1.29 is 48.2 Å². The number of esters is 1. The number of carboxylic acids is 1. The molecule has 0 fully saturated rings. The summed E-state index contributed by atoms with van der Waals surface area (Å²) < 4.78 is 4.92. The summed E-state index contributed by atoms with van der Waals surface area (Å²) >= 11 is 0. The van der Waals surface area contributed by atoms with Gasteiger partial charge in [0.15, 0.2) is 0 Å². The highest BCUT2D eigenvalue weighted by molar-refractivity contribution is 6.13. The number of amides is 6. The van der Waals surface area contributed by atoms with Crippen molar-refractivity contribution in [2.24, 2.45) is 5.92 Å². The number of carbonyl (C=O) groups excluding carboxylic acids is 7. The van der Waals surface area contributed by atoms with E-state index in [9.17, 15) is 38.4 Å². The van der Waals surface area contributed by atoms with Crippen molar-refractivity contribution >= 4 is 53.1 Å². The third-order valence-corrected chi connectivity index (χ3v) is 6.52. The first-order chi connectivity index (χ1) is 21.2. The van der Waals surface area contributed by atoms with E-state index in [0.29, 0.717) is 11.3 Å². The first kappa shape index (κ1) is 36.1. The fourth-order valence-electron chi connectivity index (χ4n) is 4.15. The number of nitrogens with zero attached hydrogens (tertiary/aromatic N) is 1. The zero-order chi connectivity index (χ0) is 33.7. The number of hydrogen-bond donors (Lipinski definition) is 5. The smallest absolute Gasteiger partial charge is 0.303 e. The van der Waals surface area contributed by atoms with Crippen molar-refractivity contribution in [3.8, 4) is 0 Å². The molecule has 0 aliphatic carbocycles. The Morgan fingerprint density at radius 3 is 2.00 bits per heavy atom. The van der Waals surface area contributed by atoms with Crippen molar-refractivity contribution in [1.82, 2.24) is 20.9 Å². The largest absolute Gasteiger partial charge is 0.481 e. The van der Waals surface area contributed by atoms with Gasteiger partial charge in [0.25, 0.3) is 11.8 Å². The van der Waals surface area contributed by atoms with E-state index < -0.39 is 71.9 Å². The van der Waals surface area contributed by atoms with E-state index in [-0.39, 0.29) is 38.3 Å². The number of nitrogens with one attached hydrogen (secondary N) is 4. The molecule has 0 saturated carbocycles. The van der Waals surface area contributed by atoms with Gasteiger partial charge in [-0.15, -0.1) is 0 Å². The third kappa shape index (κ3) is 12.6. The average molecular weight is 630 g/mol. The Morgan fingerprint density at radius 2 is 1.44 bits per heavy atom. The summed E-state index contributed by atoms with van der Waals surface area (Å²) in [7, 11) is 0. The summed E-state index contributed by atoms with van der Waals surface area (Å²) in [5, 5.41) is 19.3. The Kier molecular flexibility index (Phi) is 13.9. The van der Waals surface area contributed by atoms with Gasteiger partial charge in [0, 0.05) is 44.1 Å². The van der Waals surface area contributed by atoms with Gasteiger partial charge >= 0.3 is 11.9 Å². The van der Waals surface area contributed by atoms with Crippen LogP contribution < -0.4 is 21.3 Å². The van der Waals surface area contributed by atoms with Gasteiger partial charge in [-0.2, -0.15) is 0 Å². The van der Waals surface area contributed by atoms with Crippen LogP contribution in [0, 0.1) is 5.92 Å². The predicted molar refractivity (Wildman–Crippen MR) is 159 cm³/mol. The van der Waals surface area contributed by atoms with E-state index in [0.717, 1.165) is 17.1 Å². The minimum Gasteiger partial charge on any atom is -0.481 e. The molecule has 1 aliphatic rings. The average Bonchev–Trinajstić information content (AvgIpc) is 3.28. The minimum absolute atomic E-state index is 0.0315. The van der Waals surface area contributed by atoms with Crippen LogP contribution >= 0.6 is 0 Å². The Labute approximate surface area is 260 Å². The fraction of sp³-hybridized carbons (Fsp3) is 0.467. The Bertz CT molecular complexity index is 1310. The van der Waals surface area contributed by atoms with Crippen LogP contribution in [0.25, 0.3) is 0 Å². The van der Waals surface area contributed by atoms with Gasteiger partial charge in [-0.3, -0.25) is 43.3 Å². The number of rotatable bonds is 17. The topological polar surface area (TPSA) is 217 Å². The molecule has 2 rings (SSSR count). The molecule has 1 aromatic carbocycles. The van der Waals surface area contributed by atoms with E-state index in [2.05, 4.69) is 21.3 Å². The van der Waals surface area contributed by atoms with Crippen LogP contribution in [0.5, 0.6) is 0 Å². The van der Waals surface area contributed by atoms with Crippen LogP contribution in [0.3, 0.4) is 0 Å². The van der Waals surface area contributed by atoms with Gasteiger partial charge in [-0.1, -0.05) is 26.0 Å². The van der Waals surface area contributed by atoms with Gasteiger partial charge in [-0.25, -0.2) is 0 Å². The highest BCUT2D eigenvalue weighted by atomic mass is 16.5. The molecule has 0 saturated heterocycles. The monoisotopic (exact) mass is 629 g/mol. The van der Waals surface area contributed by atoms with E-state index in [1.165, 1.54) is 13.8 Å². The summed E-state index contributed by atoms with van der Waals surface area (Å²) in [4.78, 5) is 98.1. The molecular weight excluding hydrogens is 590 g/mol. The normalized spacial score (nSPS) is 14.4. The standard InChI is InChI=1S/C30H39N5O10/c1-17(2)15-23(33-24(37)13-14-35-25(38)10-11-26(35)39)30(44)31-18(3)28(42)34-22(9-12-27(40)41)29(43)32-21-7-5-20(6-8-21)16-45-19(4)36/h5-8,10-11,17-18,22-23H,9,12-16H2,1-4H3,(H,31,44)(H,32,43)(H,33,37)(H,34,42)(H,40,41)/t18-,22-,23-/m0/s1. The molecule has 15 heteroatoms. The van der Waals surface area contributed by atoms with Crippen molar-refractivity contribution in [3.63, 3.8) is 0 Å². The Balaban J connectivity index is 2.00. The molecule has 3 atom stereocenters. The second kappa shape index (κ2) is 17.3. The summed E-state index contributed by atoms with van der Waals surface area (Å²) in [6.45, 7) is 6.19. The van der Waals surface area contributed by atoms with Crippen LogP contribution in [0.2, 0.25) is 0 Å². The number of imide groups is 1. The first-order valence-corrected chi connectivity index (χ1v) is 14.3. The van der Waals surface area contributed by atoms with Crippen LogP contribution in [0.1, 0.15) is 58.9 Å². The van der Waals surface area contributed by atoms with Gasteiger partial charge in [-0.05, 0) is 43.4 Å². The molecule has 45 heavy (non-hydrogen) atoms.